The molecule has 0 saturated heterocycles. The quantitative estimate of drug-likeness (QED) is 0.557. The van der Waals surface area contributed by atoms with E-state index in [1.54, 1.807) is 6.07 Å². The summed E-state index contributed by atoms with van der Waals surface area (Å²) in [4.78, 5) is 12.2. The van der Waals surface area contributed by atoms with E-state index in [9.17, 15) is 4.79 Å². The lowest BCUT2D eigenvalue weighted by Crippen LogP contribution is -2.34. The molecule has 0 radical (unpaired) electrons. The number of carbonyl (C=O) groups is 1. The number of aryl methyl sites for hydroxylation is 3. The SMILES string of the molecule is Cc1ccc(NC(=S)NC(=O)c2ccc(C)c(I)c2)cc1C. The molecule has 0 aliphatic carbocycles. The summed E-state index contributed by atoms with van der Waals surface area (Å²) < 4.78 is 1.05. The van der Waals surface area contributed by atoms with Crippen LogP contribution in [0.2, 0.25) is 0 Å². The lowest BCUT2D eigenvalue weighted by atomic mass is 10.1. The first-order valence-electron chi connectivity index (χ1n) is 6.82. The first kappa shape index (κ1) is 16.9. The molecule has 0 atom stereocenters. The minimum absolute atomic E-state index is 0.209. The average molecular weight is 424 g/mol. The number of nitrogens with one attached hydrogen (secondary N) is 2. The molecule has 0 aromatic heterocycles. The van der Waals surface area contributed by atoms with Crippen LogP contribution in [0.5, 0.6) is 0 Å². The van der Waals surface area contributed by atoms with Crippen molar-refractivity contribution >= 4 is 51.5 Å². The fourth-order valence-electron chi connectivity index (χ4n) is 1.89. The van der Waals surface area contributed by atoms with E-state index < -0.39 is 0 Å². The second-order valence-corrected chi connectivity index (χ2v) is 6.74. The summed E-state index contributed by atoms with van der Waals surface area (Å²) in [6.07, 6.45) is 0. The fraction of sp³-hybridized carbons (Fsp3) is 0.176. The zero-order valence-electron chi connectivity index (χ0n) is 12.7. The highest BCUT2D eigenvalue weighted by molar-refractivity contribution is 14.1. The van der Waals surface area contributed by atoms with Crippen LogP contribution in [-0.2, 0) is 0 Å². The zero-order valence-corrected chi connectivity index (χ0v) is 15.6. The molecular weight excluding hydrogens is 407 g/mol. The summed E-state index contributed by atoms with van der Waals surface area (Å²) in [7, 11) is 0. The number of benzene rings is 2. The van der Waals surface area contributed by atoms with Crippen molar-refractivity contribution in [1.82, 2.24) is 5.32 Å². The average Bonchev–Trinajstić information content (AvgIpc) is 2.45. The number of anilines is 1. The molecule has 0 aliphatic heterocycles. The van der Waals surface area contributed by atoms with E-state index >= 15 is 0 Å². The smallest absolute Gasteiger partial charge is 0.257 e. The van der Waals surface area contributed by atoms with Gasteiger partial charge in [0, 0.05) is 14.8 Å². The topological polar surface area (TPSA) is 41.1 Å². The van der Waals surface area contributed by atoms with Crippen LogP contribution in [0.15, 0.2) is 36.4 Å². The van der Waals surface area contributed by atoms with Crippen LogP contribution in [0.3, 0.4) is 0 Å². The molecule has 0 heterocycles. The maximum atomic E-state index is 12.2. The highest BCUT2D eigenvalue weighted by Crippen LogP contribution is 2.15. The van der Waals surface area contributed by atoms with Gasteiger partial charge in [0.15, 0.2) is 5.11 Å². The van der Waals surface area contributed by atoms with Crippen molar-refractivity contribution in [2.45, 2.75) is 20.8 Å². The Kier molecular flexibility index (Phi) is 5.52. The second-order valence-electron chi connectivity index (χ2n) is 5.17. The van der Waals surface area contributed by atoms with Gasteiger partial charge in [0.2, 0.25) is 0 Å². The maximum Gasteiger partial charge on any atom is 0.257 e. The standard InChI is InChI=1S/C17H17IN2OS/c1-10-5-7-14(8-12(10)3)19-17(22)20-16(21)13-6-4-11(2)15(18)9-13/h4-9H,1-3H3,(H2,19,20,21,22). The Bertz CT molecular complexity index is 743. The second kappa shape index (κ2) is 7.19. The molecule has 0 aliphatic rings. The Hall–Kier alpha value is -1.47. The van der Waals surface area contributed by atoms with Crippen molar-refractivity contribution < 1.29 is 4.79 Å². The molecule has 0 unspecified atom stereocenters. The molecule has 3 nitrogen and oxygen atoms in total. The van der Waals surface area contributed by atoms with Gasteiger partial charge in [-0.3, -0.25) is 10.1 Å². The maximum absolute atomic E-state index is 12.2. The summed E-state index contributed by atoms with van der Waals surface area (Å²) in [6.45, 7) is 6.10. The van der Waals surface area contributed by atoms with Crippen molar-refractivity contribution in [3.05, 3.63) is 62.2 Å². The van der Waals surface area contributed by atoms with Gasteiger partial charge in [0.1, 0.15) is 0 Å². The molecule has 22 heavy (non-hydrogen) atoms. The molecule has 0 saturated carbocycles. The van der Waals surface area contributed by atoms with Gasteiger partial charge >= 0.3 is 0 Å². The number of hydrogen-bond acceptors (Lipinski definition) is 2. The Labute approximate surface area is 149 Å². The van der Waals surface area contributed by atoms with Gasteiger partial charge in [0.05, 0.1) is 0 Å². The minimum atomic E-state index is -0.209. The van der Waals surface area contributed by atoms with Crippen LogP contribution in [0.4, 0.5) is 5.69 Å². The third kappa shape index (κ3) is 4.27. The fourth-order valence-corrected chi connectivity index (χ4v) is 2.62. The number of halogens is 1. The molecule has 2 N–H and O–H groups in total. The molecule has 2 rings (SSSR count). The monoisotopic (exact) mass is 424 g/mol. The summed E-state index contributed by atoms with van der Waals surface area (Å²) in [5.74, 6) is -0.209. The van der Waals surface area contributed by atoms with Crippen molar-refractivity contribution in [2.75, 3.05) is 5.32 Å². The molecule has 0 spiro atoms. The van der Waals surface area contributed by atoms with Crippen LogP contribution in [-0.4, -0.2) is 11.0 Å². The van der Waals surface area contributed by atoms with Crippen LogP contribution in [0, 0.1) is 24.3 Å². The summed E-state index contributed by atoms with van der Waals surface area (Å²) >= 11 is 7.42. The van der Waals surface area contributed by atoms with Gasteiger partial charge in [-0.25, -0.2) is 0 Å². The Morgan fingerprint density at radius 1 is 1.00 bits per heavy atom. The summed E-state index contributed by atoms with van der Waals surface area (Å²) in [5.41, 5.74) is 5.00. The van der Waals surface area contributed by atoms with E-state index in [0.29, 0.717) is 10.7 Å². The van der Waals surface area contributed by atoms with Gasteiger partial charge in [-0.05, 0) is 96.5 Å². The highest BCUT2D eigenvalue weighted by Gasteiger charge is 2.09. The molecular formula is C17H17IN2OS. The molecule has 5 heteroatoms. The van der Waals surface area contributed by atoms with Gasteiger partial charge in [-0.2, -0.15) is 0 Å². The third-order valence-corrected chi connectivity index (χ3v) is 4.79. The van der Waals surface area contributed by atoms with E-state index in [-0.39, 0.29) is 5.91 Å². The number of rotatable bonds is 2. The van der Waals surface area contributed by atoms with Crippen molar-refractivity contribution in [3.8, 4) is 0 Å². The Morgan fingerprint density at radius 3 is 2.32 bits per heavy atom. The van der Waals surface area contributed by atoms with E-state index in [4.69, 9.17) is 12.2 Å². The normalized spacial score (nSPS) is 10.2. The van der Waals surface area contributed by atoms with Gasteiger partial charge in [0.25, 0.3) is 5.91 Å². The predicted molar refractivity (Wildman–Crippen MR) is 103 cm³/mol. The zero-order chi connectivity index (χ0) is 16.3. The Balaban J connectivity index is 2.03. The van der Waals surface area contributed by atoms with Gasteiger partial charge in [-0.15, -0.1) is 0 Å². The van der Waals surface area contributed by atoms with Crippen molar-refractivity contribution in [3.63, 3.8) is 0 Å². The third-order valence-electron chi connectivity index (χ3n) is 3.43. The summed E-state index contributed by atoms with van der Waals surface area (Å²) in [5, 5.41) is 6.03. The first-order chi connectivity index (χ1) is 10.4. The van der Waals surface area contributed by atoms with Crippen LogP contribution in [0.1, 0.15) is 27.0 Å². The highest BCUT2D eigenvalue weighted by atomic mass is 127. The van der Waals surface area contributed by atoms with Crippen LogP contribution >= 0.6 is 34.8 Å². The van der Waals surface area contributed by atoms with Crippen LogP contribution < -0.4 is 10.6 Å². The minimum Gasteiger partial charge on any atom is -0.332 e. The molecule has 114 valence electrons. The summed E-state index contributed by atoms with van der Waals surface area (Å²) in [6, 6.07) is 11.5. The molecule has 2 aromatic carbocycles. The predicted octanol–water partition coefficient (Wildman–Crippen LogP) is 4.34. The molecule has 0 fully saturated rings. The lowest BCUT2D eigenvalue weighted by molar-refractivity contribution is 0.0977. The lowest BCUT2D eigenvalue weighted by Gasteiger charge is -2.11. The number of carbonyl (C=O) groups excluding carboxylic acids is 1. The molecule has 1 amide bonds. The van der Waals surface area contributed by atoms with E-state index in [1.165, 1.54) is 11.1 Å². The van der Waals surface area contributed by atoms with Crippen molar-refractivity contribution in [2.24, 2.45) is 0 Å². The molecule has 2 aromatic rings. The van der Waals surface area contributed by atoms with E-state index in [1.807, 2.05) is 44.2 Å². The number of hydrogen-bond donors (Lipinski definition) is 2. The van der Waals surface area contributed by atoms with Gasteiger partial charge in [-0.1, -0.05) is 12.1 Å². The molecule has 0 bridgehead atoms. The number of amides is 1. The van der Waals surface area contributed by atoms with Gasteiger partial charge < -0.3 is 5.32 Å². The van der Waals surface area contributed by atoms with E-state index in [0.717, 1.165) is 14.8 Å². The largest absolute Gasteiger partial charge is 0.332 e. The van der Waals surface area contributed by atoms with Crippen molar-refractivity contribution in [1.29, 1.82) is 0 Å². The van der Waals surface area contributed by atoms with E-state index in [2.05, 4.69) is 40.1 Å². The van der Waals surface area contributed by atoms with Crippen LogP contribution in [0.25, 0.3) is 0 Å². The number of thiocarbonyl (C=S) groups is 1. The first-order valence-corrected chi connectivity index (χ1v) is 8.31. The Morgan fingerprint density at radius 2 is 1.68 bits per heavy atom.